The minimum Gasteiger partial charge on any atom is -0.385 e. The number of hydrogen-bond donors (Lipinski definition) is 2. The van der Waals surface area contributed by atoms with Crippen LogP contribution in [-0.4, -0.2) is 34.7 Å². The zero-order valence-corrected chi connectivity index (χ0v) is 13.7. The third-order valence-electron chi connectivity index (χ3n) is 3.78. The molecule has 1 aliphatic heterocycles. The maximum atomic E-state index is 12.5. The Bertz CT molecular complexity index is 585. The fraction of sp³-hybridized carbons (Fsp3) is 0.600. The van der Waals surface area contributed by atoms with Gasteiger partial charge in [0.15, 0.2) is 0 Å². The molecule has 1 heterocycles. The molecule has 2 rings (SSSR count). The predicted octanol–water partition coefficient (Wildman–Crippen LogP) is 1.99. The number of sulfonamides is 1. The molecule has 5 nitrogen and oxygen atoms in total. The van der Waals surface area contributed by atoms with Crippen molar-refractivity contribution in [1.29, 1.82) is 0 Å². The van der Waals surface area contributed by atoms with Crippen LogP contribution in [0.15, 0.2) is 23.1 Å². The normalized spacial score (nSPS) is 16.4. The molecule has 0 saturated heterocycles. The van der Waals surface area contributed by atoms with Gasteiger partial charge in [0.2, 0.25) is 10.0 Å². The van der Waals surface area contributed by atoms with Crippen molar-refractivity contribution in [3.63, 3.8) is 0 Å². The maximum Gasteiger partial charge on any atom is 0.240 e. The average Bonchev–Trinajstić information content (AvgIpc) is 2.46. The quantitative estimate of drug-likeness (QED) is 0.843. The standard InChI is InChI=1S/C15H24N2O3S/c1-11(2)15(10-20-3)17-21(18,19)13-6-7-14-12(9-13)5-4-8-16-14/h6-7,9,11,15-17H,4-5,8,10H2,1-3H3. The molecule has 0 saturated carbocycles. The first-order chi connectivity index (χ1) is 9.94. The Morgan fingerprint density at radius 2 is 2.14 bits per heavy atom. The van der Waals surface area contributed by atoms with E-state index in [1.165, 1.54) is 0 Å². The number of hydrogen-bond acceptors (Lipinski definition) is 4. The summed E-state index contributed by atoms with van der Waals surface area (Å²) in [5.41, 5.74) is 2.11. The summed E-state index contributed by atoms with van der Waals surface area (Å²) in [7, 11) is -1.94. The molecule has 0 bridgehead atoms. The highest BCUT2D eigenvalue weighted by atomic mass is 32.2. The van der Waals surface area contributed by atoms with E-state index in [2.05, 4.69) is 10.0 Å². The van der Waals surface area contributed by atoms with E-state index in [1.807, 2.05) is 19.9 Å². The molecule has 1 unspecified atom stereocenters. The lowest BCUT2D eigenvalue weighted by Gasteiger charge is -2.23. The Kier molecular flexibility index (Phi) is 5.24. The number of fused-ring (bicyclic) bond motifs is 1. The van der Waals surface area contributed by atoms with E-state index in [4.69, 9.17) is 4.74 Å². The smallest absolute Gasteiger partial charge is 0.240 e. The van der Waals surface area contributed by atoms with Crippen molar-refractivity contribution in [2.75, 3.05) is 25.6 Å². The number of benzene rings is 1. The number of rotatable bonds is 6. The highest BCUT2D eigenvalue weighted by molar-refractivity contribution is 7.89. The van der Waals surface area contributed by atoms with Gasteiger partial charge in [0, 0.05) is 25.4 Å². The summed E-state index contributed by atoms with van der Waals surface area (Å²) in [6, 6.07) is 5.05. The minimum absolute atomic E-state index is 0.166. The third-order valence-corrected chi connectivity index (χ3v) is 5.27. The molecule has 0 radical (unpaired) electrons. The van der Waals surface area contributed by atoms with Gasteiger partial charge in [-0.2, -0.15) is 0 Å². The van der Waals surface area contributed by atoms with Crippen molar-refractivity contribution in [2.45, 2.75) is 37.6 Å². The van der Waals surface area contributed by atoms with Crippen LogP contribution in [0.2, 0.25) is 0 Å². The summed E-state index contributed by atoms with van der Waals surface area (Å²) in [5, 5.41) is 3.29. The van der Waals surface area contributed by atoms with Crippen LogP contribution in [0.3, 0.4) is 0 Å². The van der Waals surface area contributed by atoms with Crippen LogP contribution in [0.25, 0.3) is 0 Å². The van der Waals surface area contributed by atoms with Crippen LogP contribution < -0.4 is 10.0 Å². The summed E-state index contributed by atoms with van der Waals surface area (Å²) < 4.78 is 32.9. The van der Waals surface area contributed by atoms with E-state index in [9.17, 15) is 8.42 Å². The summed E-state index contributed by atoms with van der Waals surface area (Å²) in [6.45, 7) is 5.26. The molecule has 0 amide bonds. The maximum absolute atomic E-state index is 12.5. The molecule has 1 aromatic rings. The second-order valence-electron chi connectivity index (χ2n) is 5.78. The second-order valence-corrected chi connectivity index (χ2v) is 7.49. The van der Waals surface area contributed by atoms with Gasteiger partial charge >= 0.3 is 0 Å². The van der Waals surface area contributed by atoms with Crippen LogP contribution in [-0.2, 0) is 21.2 Å². The van der Waals surface area contributed by atoms with Crippen molar-refractivity contribution in [2.24, 2.45) is 5.92 Å². The fourth-order valence-corrected chi connectivity index (χ4v) is 3.85. The average molecular weight is 312 g/mol. The molecule has 0 fully saturated rings. The Morgan fingerprint density at radius 1 is 1.38 bits per heavy atom. The second kappa shape index (κ2) is 6.77. The highest BCUT2D eigenvalue weighted by Crippen LogP contribution is 2.25. The molecule has 1 aromatic carbocycles. The van der Waals surface area contributed by atoms with Gasteiger partial charge in [-0.25, -0.2) is 13.1 Å². The van der Waals surface area contributed by atoms with Crippen molar-refractivity contribution in [1.82, 2.24) is 4.72 Å². The molecule has 0 aliphatic carbocycles. The van der Waals surface area contributed by atoms with Crippen molar-refractivity contribution in [3.8, 4) is 0 Å². The van der Waals surface area contributed by atoms with Gasteiger partial charge in [0.25, 0.3) is 0 Å². The van der Waals surface area contributed by atoms with Crippen molar-refractivity contribution < 1.29 is 13.2 Å². The molecule has 0 aromatic heterocycles. The lowest BCUT2D eigenvalue weighted by atomic mass is 10.0. The first-order valence-corrected chi connectivity index (χ1v) is 8.80. The molecule has 6 heteroatoms. The summed E-state index contributed by atoms with van der Waals surface area (Å²) in [4.78, 5) is 0.326. The van der Waals surface area contributed by atoms with E-state index in [0.717, 1.165) is 30.6 Å². The van der Waals surface area contributed by atoms with E-state index < -0.39 is 10.0 Å². The highest BCUT2D eigenvalue weighted by Gasteiger charge is 2.23. The number of methoxy groups -OCH3 is 1. The van der Waals surface area contributed by atoms with Gasteiger partial charge in [0.05, 0.1) is 11.5 Å². The molecule has 118 valence electrons. The zero-order valence-electron chi connectivity index (χ0n) is 12.8. The molecule has 1 atom stereocenters. The third kappa shape index (κ3) is 3.96. The first kappa shape index (κ1) is 16.3. The largest absolute Gasteiger partial charge is 0.385 e. The van der Waals surface area contributed by atoms with Gasteiger partial charge in [-0.05, 0) is 42.5 Å². The van der Waals surface area contributed by atoms with Gasteiger partial charge in [-0.1, -0.05) is 13.8 Å². The SMILES string of the molecule is COCC(NS(=O)(=O)c1ccc2c(c1)CCCN2)C(C)C. The van der Waals surface area contributed by atoms with E-state index in [1.54, 1.807) is 19.2 Å². The van der Waals surface area contributed by atoms with E-state index in [-0.39, 0.29) is 12.0 Å². The van der Waals surface area contributed by atoms with Gasteiger partial charge in [-0.3, -0.25) is 0 Å². The molecule has 21 heavy (non-hydrogen) atoms. The van der Waals surface area contributed by atoms with E-state index >= 15 is 0 Å². The first-order valence-electron chi connectivity index (χ1n) is 7.32. The Balaban J connectivity index is 2.22. The minimum atomic E-state index is -3.52. The van der Waals surface area contributed by atoms with E-state index in [0.29, 0.717) is 11.5 Å². The molecule has 0 spiro atoms. The van der Waals surface area contributed by atoms with Gasteiger partial charge < -0.3 is 10.1 Å². The van der Waals surface area contributed by atoms with Crippen molar-refractivity contribution in [3.05, 3.63) is 23.8 Å². The van der Waals surface area contributed by atoms with Gasteiger partial charge in [-0.15, -0.1) is 0 Å². The van der Waals surface area contributed by atoms with Gasteiger partial charge in [0.1, 0.15) is 0 Å². The zero-order chi connectivity index (χ0) is 15.5. The fourth-order valence-electron chi connectivity index (χ4n) is 2.43. The van der Waals surface area contributed by atoms with Crippen LogP contribution in [0.5, 0.6) is 0 Å². The lowest BCUT2D eigenvalue weighted by molar-refractivity contribution is 0.157. The lowest BCUT2D eigenvalue weighted by Crippen LogP contribution is -2.41. The Morgan fingerprint density at radius 3 is 2.81 bits per heavy atom. The Hall–Kier alpha value is -1.11. The van der Waals surface area contributed by atoms with Crippen LogP contribution in [0, 0.1) is 5.92 Å². The summed E-state index contributed by atoms with van der Waals surface area (Å²) >= 11 is 0. The number of anilines is 1. The molecular formula is C15H24N2O3S. The van der Waals surface area contributed by atoms with Crippen LogP contribution in [0.4, 0.5) is 5.69 Å². The predicted molar refractivity (Wildman–Crippen MR) is 84.1 cm³/mol. The molecule has 2 N–H and O–H groups in total. The number of ether oxygens (including phenoxy) is 1. The summed E-state index contributed by atoms with van der Waals surface area (Å²) in [5.74, 6) is 0.166. The Labute approximate surface area is 127 Å². The topological polar surface area (TPSA) is 67.4 Å². The molecular weight excluding hydrogens is 288 g/mol. The monoisotopic (exact) mass is 312 g/mol. The van der Waals surface area contributed by atoms with Crippen LogP contribution >= 0.6 is 0 Å². The number of nitrogens with one attached hydrogen (secondary N) is 2. The molecule has 1 aliphatic rings. The summed E-state index contributed by atoms with van der Waals surface area (Å²) in [6.07, 6.45) is 1.94. The van der Waals surface area contributed by atoms with Crippen LogP contribution in [0.1, 0.15) is 25.8 Å². The number of aryl methyl sites for hydroxylation is 1. The van der Waals surface area contributed by atoms with Crippen molar-refractivity contribution >= 4 is 15.7 Å².